The molecule has 0 spiro atoms. The Hall–Kier alpha value is -2.94. The van der Waals surface area contributed by atoms with Crippen molar-refractivity contribution in [3.05, 3.63) is 89.5 Å². The van der Waals surface area contributed by atoms with Gasteiger partial charge in [-0.25, -0.2) is 0 Å². The van der Waals surface area contributed by atoms with Gasteiger partial charge >= 0.3 is 0 Å². The van der Waals surface area contributed by atoms with Crippen molar-refractivity contribution in [3.8, 4) is 17.2 Å². The molecule has 3 aromatic carbocycles. The van der Waals surface area contributed by atoms with Crippen LogP contribution in [0.1, 0.15) is 36.5 Å². The molecule has 0 aromatic heterocycles. The molecule has 3 N–H and O–H groups in total. The lowest BCUT2D eigenvalue weighted by atomic mass is 9.67. The first-order valence-electron chi connectivity index (χ1n) is 8.25. The monoisotopic (exact) mass is 334 g/mol. The zero-order chi connectivity index (χ0) is 18.0. The average Bonchev–Trinajstić information content (AvgIpc) is 2.59. The molecule has 3 aromatic rings. The molecular formula is C22H22O3. The minimum absolute atomic E-state index is 0.0123. The minimum atomic E-state index is -0.276. The van der Waals surface area contributed by atoms with Crippen molar-refractivity contribution in [2.45, 2.75) is 25.2 Å². The number of hydrogen-bond donors (Lipinski definition) is 3. The van der Waals surface area contributed by atoms with Crippen LogP contribution in [-0.4, -0.2) is 15.3 Å². The van der Waals surface area contributed by atoms with E-state index < -0.39 is 0 Å². The fourth-order valence-corrected chi connectivity index (χ4v) is 3.42. The third-order valence-corrected chi connectivity index (χ3v) is 4.79. The molecule has 128 valence electrons. The lowest BCUT2D eigenvalue weighted by Crippen LogP contribution is -2.28. The maximum atomic E-state index is 9.63. The predicted molar refractivity (Wildman–Crippen MR) is 99.2 cm³/mol. The van der Waals surface area contributed by atoms with Crippen LogP contribution in [0.4, 0.5) is 0 Å². The Kier molecular flexibility index (Phi) is 4.41. The van der Waals surface area contributed by atoms with Crippen molar-refractivity contribution in [3.63, 3.8) is 0 Å². The SMILES string of the molecule is CC(C)(c1ccc(O)cc1)C(c1ccc(O)cc1)c1ccc(O)cc1. The third-order valence-electron chi connectivity index (χ3n) is 4.79. The van der Waals surface area contributed by atoms with E-state index in [1.165, 1.54) is 0 Å². The molecule has 3 nitrogen and oxygen atoms in total. The van der Waals surface area contributed by atoms with Crippen LogP contribution in [0.5, 0.6) is 17.2 Å². The zero-order valence-electron chi connectivity index (χ0n) is 14.3. The molecule has 0 saturated carbocycles. The zero-order valence-corrected chi connectivity index (χ0v) is 14.3. The minimum Gasteiger partial charge on any atom is -0.508 e. The summed E-state index contributed by atoms with van der Waals surface area (Å²) in [5.41, 5.74) is 2.96. The Balaban J connectivity index is 2.14. The topological polar surface area (TPSA) is 60.7 Å². The molecule has 0 aliphatic carbocycles. The molecule has 0 fully saturated rings. The maximum Gasteiger partial charge on any atom is 0.115 e. The second-order valence-corrected chi connectivity index (χ2v) is 6.88. The number of phenols is 3. The summed E-state index contributed by atoms with van der Waals surface area (Å²) in [5, 5.41) is 28.9. The van der Waals surface area contributed by atoms with Crippen LogP contribution in [0.15, 0.2) is 72.8 Å². The van der Waals surface area contributed by atoms with Gasteiger partial charge in [-0.05, 0) is 53.1 Å². The summed E-state index contributed by atoms with van der Waals surface area (Å²) >= 11 is 0. The van der Waals surface area contributed by atoms with Crippen molar-refractivity contribution in [1.29, 1.82) is 0 Å². The Labute approximate surface area is 147 Å². The average molecular weight is 334 g/mol. The van der Waals surface area contributed by atoms with Gasteiger partial charge in [0.2, 0.25) is 0 Å². The number of phenolic OH excluding ortho intramolecular Hbond substituents is 3. The van der Waals surface area contributed by atoms with E-state index in [-0.39, 0.29) is 28.6 Å². The lowest BCUT2D eigenvalue weighted by Gasteiger charge is -2.36. The molecule has 0 saturated heterocycles. The smallest absolute Gasteiger partial charge is 0.115 e. The highest BCUT2D eigenvalue weighted by Gasteiger charge is 2.34. The second-order valence-electron chi connectivity index (χ2n) is 6.88. The van der Waals surface area contributed by atoms with Gasteiger partial charge in [0.25, 0.3) is 0 Å². The molecule has 0 aliphatic rings. The Morgan fingerprint density at radius 2 is 0.880 bits per heavy atom. The maximum absolute atomic E-state index is 9.63. The fourth-order valence-electron chi connectivity index (χ4n) is 3.42. The van der Waals surface area contributed by atoms with Gasteiger partial charge in [-0.3, -0.25) is 0 Å². The summed E-state index contributed by atoms with van der Waals surface area (Å²) in [6, 6.07) is 21.7. The largest absolute Gasteiger partial charge is 0.508 e. The van der Waals surface area contributed by atoms with Crippen LogP contribution in [-0.2, 0) is 5.41 Å². The van der Waals surface area contributed by atoms with Crippen LogP contribution >= 0.6 is 0 Å². The number of aromatic hydroxyl groups is 3. The first-order valence-corrected chi connectivity index (χ1v) is 8.25. The van der Waals surface area contributed by atoms with E-state index in [9.17, 15) is 15.3 Å². The molecule has 0 aliphatic heterocycles. The molecule has 25 heavy (non-hydrogen) atoms. The Bertz CT molecular complexity index is 786. The highest BCUT2D eigenvalue weighted by Crippen LogP contribution is 2.44. The number of benzene rings is 3. The molecule has 0 radical (unpaired) electrons. The first-order chi connectivity index (χ1) is 11.9. The van der Waals surface area contributed by atoms with Gasteiger partial charge in [0.05, 0.1) is 0 Å². The van der Waals surface area contributed by atoms with Crippen molar-refractivity contribution in [2.24, 2.45) is 0 Å². The van der Waals surface area contributed by atoms with E-state index in [2.05, 4.69) is 13.8 Å². The molecule has 3 rings (SSSR count). The van der Waals surface area contributed by atoms with E-state index >= 15 is 0 Å². The van der Waals surface area contributed by atoms with Crippen molar-refractivity contribution < 1.29 is 15.3 Å². The van der Waals surface area contributed by atoms with Gasteiger partial charge < -0.3 is 15.3 Å². The lowest BCUT2D eigenvalue weighted by molar-refractivity contribution is 0.449. The molecule has 3 heteroatoms. The second kappa shape index (κ2) is 6.52. The van der Waals surface area contributed by atoms with Crippen molar-refractivity contribution >= 4 is 0 Å². The van der Waals surface area contributed by atoms with Crippen LogP contribution in [0.3, 0.4) is 0 Å². The molecule has 0 amide bonds. The standard InChI is InChI=1S/C22H22O3/c1-22(2,17-7-13-20(25)14-8-17)21(15-3-9-18(23)10-4-15)16-5-11-19(24)12-6-16/h3-14,21,23-25H,1-2H3. The summed E-state index contributed by atoms with van der Waals surface area (Å²) < 4.78 is 0. The number of rotatable bonds is 4. The Morgan fingerprint density at radius 1 is 0.560 bits per heavy atom. The molecule has 0 atom stereocenters. The van der Waals surface area contributed by atoms with Crippen LogP contribution in [0.2, 0.25) is 0 Å². The summed E-state index contributed by atoms with van der Waals surface area (Å²) in [6.45, 7) is 4.31. The van der Waals surface area contributed by atoms with Gasteiger partial charge in [0.15, 0.2) is 0 Å². The van der Waals surface area contributed by atoms with Crippen molar-refractivity contribution in [1.82, 2.24) is 0 Å². The van der Waals surface area contributed by atoms with E-state index in [4.69, 9.17) is 0 Å². The summed E-state index contributed by atoms with van der Waals surface area (Å²) in [7, 11) is 0. The third kappa shape index (κ3) is 3.45. The van der Waals surface area contributed by atoms with E-state index in [0.29, 0.717) is 0 Å². The van der Waals surface area contributed by atoms with Crippen LogP contribution in [0.25, 0.3) is 0 Å². The molecular weight excluding hydrogens is 312 g/mol. The van der Waals surface area contributed by atoms with Gasteiger partial charge in [-0.15, -0.1) is 0 Å². The van der Waals surface area contributed by atoms with Crippen LogP contribution < -0.4 is 0 Å². The Morgan fingerprint density at radius 3 is 1.24 bits per heavy atom. The summed E-state index contributed by atoms with van der Waals surface area (Å²) in [6.07, 6.45) is 0. The normalized spacial score (nSPS) is 11.6. The predicted octanol–water partition coefficient (Wildman–Crippen LogP) is 4.91. The van der Waals surface area contributed by atoms with E-state index in [1.54, 1.807) is 36.4 Å². The molecule has 0 bridgehead atoms. The van der Waals surface area contributed by atoms with Gasteiger partial charge in [-0.1, -0.05) is 50.2 Å². The van der Waals surface area contributed by atoms with Gasteiger partial charge in [0, 0.05) is 11.3 Å². The van der Waals surface area contributed by atoms with E-state index in [1.807, 2.05) is 36.4 Å². The highest BCUT2D eigenvalue weighted by molar-refractivity contribution is 5.44. The quantitative estimate of drug-likeness (QED) is 0.635. The first kappa shape index (κ1) is 16.9. The van der Waals surface area contributed by atoms with Crippen molar-refractivity contribution in [2.75, 3.05) is 0 Å². The van der Waals surface area contributed by atoms with Gasteiger partial charge in [-0.2, -0.15) is 0 Å². The van der Waals surface area contributed by atoms with Crippen LogP contribution in [0, 0.1) is 0 Å². The fraction of sp³-hybridized carbons (Fsp3) is 0.182. The van der Waals surface area contributed by atoms with E-state index in [0.717, 1.165) is 16.7 Å². The molecule has 0 unspecified atom stereocenters. The molecule has 0 heterocycles. The summed E-state index contributed by atoms with van der Waals surface area (Å²) in [4.78, 5) is 0. The summed E-state index contributed by atoms with van der Waals surface area (Å²) in [5.74, 6) is 0.718. The van der Waals surface area contributed by atoms with Gasteiger partial charge in [0.1, 0.15) is 17.2 Å². The highest BCUT2D eigenvalue weighted by atomic mass is 16.3. The number of hydrogen-bond acceptors (Lipinski definition) is 3.